The van der Waals surface area contributed by atoms with Crippen molar-refractivity contribution in [3.63, 3.8) is 0 Å². The van der Waals surface area contributed by atoms with Crippen molar-refractivity contribution in [2.45, 2.75) is 30.8 Å². The summed E-state index contributed by atoms with van der Waals surface area (Å²) in [4.78, 5) is 0. The summed E-state index contributed by atoms with van der Waals surface area (Å²) in [6, 6.07) is 18.8. The first-order valence-corrected chi connectivity index (χ1v) is 13.8. The van der Waals surface area contributed by atoms with Crippen molar-refractivity contribution in [2.75, 3.05) is 0 Å². The van der Waals surface area contributed by atoms with Gasteiger partial charge in [-0.2, -0.15) is 0 Å². The quantitative estimate of drug-likeness (QED) is 0.426. The number of benzene rings is 2. The number of hydrogen-bond donors (Lipinski definition) is 0. The zero-order valence-electron chi connectivity index (χ0n) is 13.0. The van der Waals surface area contributed by atoms with E-state index >= 15 is 0 Å². The van der Waals surface area contributed by atoms with Gasteiger partial charge < -0.3 is 0 Å². The first kappa shape index (κ1) is 17.0. The van der Waals surface area contributed by atoms with Gasteiger partial charge in [0.05, 0.1) is 12.3 Å². The predicted molar refractivity (Wildman–Crippen MR) is 104 cm³/mol. The summed E-state index contributed by atoms with van der Waals surface area (Å²) in [6.07, 6.45) is 0. The molecule has 0 spiro atoms. The molecule has 1 atom stereocenters. The maximum absolute atomic E-state index is 7.20. The van der Waals surface area contributed by atoms with Gasteiger partial charge in [0.15, 0.2) is 0 Å². The lowest BCUT2D eigenvalue weighted by atomic mass is 10.4. The highest BCUT2D eigenvalue weighted by molar-refractivity contribution is 8.24. The Bertz CT molecular complexity index is 604. The summed E-state index contributed by atoms with van der Waals surface area (Å²) >= 11 is 13.5. The van der Waals surface area contributed by atoms with E-state index in [9.17, 15) is 0 Å². The van der Waals surface area contributed by atoms with E-state index in [0.29, 0.717) is 0 Å². The minimum absolute atomic E-state index is 0.363. The molecule has 112 valence electrons. The molecule has 0 bridgehead atoms. The summed E-state index contributed by atoms with van der Waals surface area (Å²) in [5.41, 5.74) is 0. The third-order valence-electron chi connectivity index (χ3n) is 4.20. The third-order valence-corrected chi connectivity index (χ3v) is 18.8. The minimum atomic E-state index is -2.09. The molecule has 0 aliphatic heterocycles. The van der Waals surface area contributed by atoms with Gasteiger partial charge in [-0.1, -0.05) is 92.1 Å². The predicted octanol–water partition coefficient (Wildman–Crippen LogP) is 4.95. The van der Waals surface area contributed by atoms with E-state index in [2.05, 4.69) is 75.1 Å². The summed E-state index contributed by atoms with van der Waals surface area (Å²) in [6.45, 7) is 9.11. The maximum Gasteiger partial charge on any atom is 0.0756 e. The van der Waals surface area contributed by atoms with Gasteiger partial charge in [0.1, 0.15) is 0 Å². The molecular weight excluding hydrogens is 331 g/mol. The summed E-state index contributed by atoms with van der Waals surface area (Å²) < 4.78 is -0.363. The van der Waals surface area contributed by atoms with Crippen molar-refractivity contribution in [2.24, 2.45) is 0 Å². The summed E-state index contributed by atoms with van der Waals surface area (Å²) in [7, 11) is -1.68. The van der Waals surface area contributed by atoms with Gasteiger partial charge >= 0.3 is 0 Å². The van der Waals surface area contributed by atoms with Crippen molar-refractivity contribution in [1.29, 1.82) is 0 Å². The second-order valence-corrected chi connectivity index (χ2v) is 18.5. The molecule has 0 heterocycles. The highest BCUT2D eigenvalue weighted by atomic mass is 35.5. The van der Waals surface area contributed by atoms with Crippen LogP contribution in [0.2, 0.25) is 19.6 Å². The molecule has 4 heteroatoms. The number of hydrogen-bond acceptors (Lipinski definition) is 1. The fraction of sp³-hybridized carbons (Fsp3) is 0.294. The Morgan fingerprint density at radius 3 is 1.48 bits per heavy atom. The van der Waals surface area contributed by atoms with Crippen molar-refractivity contribution in [3.05, 3.63) is 60.7 Å². The lowest BCUT2D eigenvalue weighted by molar-refractivity contribution is 1.17. The molecule has 2 aromatic carbocycles. The highest BCUT2D eigenvalue weighted by Gasteiger charge is 2.49. The Labute approximate surface area is 139 Å². The van der Waals surface area contributed by atoms with Crippen molar-refractivity contribution < 1.29 is 0 Å². The zero-order valence-corrected chi connectivity index (χ0v) is 16.5. The third kappa shape index (κ3) is 2.92. The molecule has 0 radical (unpaired) electrons. The van der Waals surface area contributed by atoms with E-state index in [1.807, 2.05) is 12.1 Å². The van der Waals surface area contributed by atoms with Crippen molar-refractivity contribution >= 4 is 48.1 Å². The van der Waals surface area contributed by atoms with Crippen LogP contribution in [-0.4, -0.2) is 12.3 Å². The van der Waals surface area contributed by atoms with E-state index in [1.165, 1.54) is 10.6 Å². The summed E-state index contributed by atoms with van der Waals surface area (Å²) in [5.74, 6) is 0. The van der Waals surface area contributed by atoms with Gasteiger partial charge in [0.2, 0.25) is 0 Å². The fourth-order valence-corrected chi connectivity index (χ4v) is 13.2. The van der Waals surface area contributed by atoms with Crippen LogP contribution in [-0.2, 0) is 11.8 Å². The minimum Gasteiger partial charge on any atom is -0.117 e. The van der Waals surface area contributed by atoms with Gasteiger partial charge in [0.25, 0.3) is 0 Å². The van der Waals surface area contributed by atoms with Crippen LogP contribution in [0.1, 0.15) is 6.92 Å². The van der Waals surface area contributed by atoms with Crippen LogP contribution in [0.15, 0.2) is 60.7 Å². The first-order valence-electron chi connectivity index (χ1n) is 7.11. The normalized spacial score (nSPS) is 15.5. The molecule has 0 aliphatic carbocycles. The molecule has 2 rings (SSSR count). The molecule has 2 aromatic rings. The van der Waals surface area contributed by atoms with Crippen LogP contribution in [0.5, 0.6) is 0 Å². The van der Waals surface area contributed by atoms with E-state index in [0.717, 1.165) is 0 Å². The van der Waals surface area contributed by atoms with Crippen LogP contribution < -0.4 is 10.6 Å². The van der Waals surface area contributed by atoms with Crippen LogP contribution in [0.4, 0.5) is 0 Å². The van der Waals surface area contributed by atoms with Crippen molar-refractivity contribution in [1.82, 2.24) is 0 Å². The number of halogens is 1. The van der Waals surface area contributed by atoms with Crippen LogP contribution in [0.3, 0.4) is 0 Å². The first-order chi connectivity index (χ1) is 9.71. The van der Waals surface area contributed by atoms with Crippen LogP contribution in [0.25, 0.3) is 0 Å². The van der Waals surface area contributed by atoms with Crippen LogP contribution in [0, 0.1) is 0 Å². The van der Waals surface area contributed by atoms with Crippen molar-refractivity contribution in [3.8, 4) is 0 Å². The smallest absolute Gasteiger partial charge is 0.0756 e. The second-order valence-electron chi connectivity index (χ2n) is 6.48. The lowest BCUT2D eigenvalue weighted by Crippen LogP contribution is -2.49. The molecule has 0 saturated heterocycles. The average molecular weight is 353 g/mol. The Morgan fingerprint density at radius 1 is 0.857 bits per heavy atom. The Balaban J connectivity index is 2.76. The Kier molecular flexibility index (Phi) is 4.85. The zero-order chi connectivity index (χ0) is 15.7. The molecule has 0 N–H and O–H groups in total. The van der Waals surface area contributed by atoms with Gasteiger partial charge in [-0.25, -0.2) is 0 Å². The molecule has 0 saturated carbocycles. The van der Waals surface area contributed by atoms with E-state index < -0.39 is 14.1 Å². The average Bonchev–Trinajstić information content (AvgIpc) is 2.47. The van der Waals surface area contributed by atoms with E-state index in [4.69, 9.17) is 23.4 Å². The second kappa shape index (κ2) is 6.00. The van der Waals surface area contributed by atoms with Crippen LogP contribution >= 0.6 is 17.6 Å². The Morgan fingerprint density at radius 2 is 1.19 bits per heavy atom. The van der Waals surface area contributed by atoms with Gasteiger partial charge in [-0.15, -0.1) is 11.6 Å². The maximum atomic E-state index is 7.20. The standard InChI is InChI=1S/C17H22ClPSSi/c1-17(18,21(2,3)4)19(20,15-11-7-5-8-12-15)16-13-9-6-10-14-16/h5-14H,1-4H3. The molecule has 0 amide bonds. The van der Waals surface area contributed by atoms with Gasteiger partial charge in [-0.05, 0) is 17.5 Å². The largest absolute Gasteiger partial charge is 0.117 e. The van der Waals surface area contributed by atoms with E-state index in [-0.39, 0.29) is 4.24 Å². The molecule has 21 heavy (non-hydrogen) atoms. The number of alkyl halides is 1. The Hall–Kier alpha value is -0.403. The van der Waals surface area contributed by atoms with Gasteiger partial charge in [-0.3, -0.25) is 0 Å². The van der Waals surface area contributed by atoms with Gasteiger partial charge in [0, 0.05) is 6.04 Å². The van der Waals surface area contributed by atoms with E-state index in [1.54, 1.807) is 0 Å². The topological polar surface area (TPSA) is 0 Å². The molecule has 0 aromatic heterocycles. The lowest BCUT2D eigenvalue weighted by Gasteiger charge is -2.45. The monoisotopic (exact) mass is 352 g/mol. The molecule has 0 nitrogen and oxygen atoms in total. The number of rotatable bonds is 4. The SMILES string of the molecule is CC(Cl)([Si](C)(C)C)P(=S)(c1ccccc1)c1ccccc1. The molecular formula is C17H22ClPSSi. The highest BCUT2D eigenvalue weighted by Crippen LogP contribution is 2.62. The molecule has 1 unspecified atom stereocenters. The molecule has 0 fully saturated rings. The molecule has 0 aliphatic rings. The summed E-state index contributed by atoms with van der Waals surface area (Å²) in [5, 5.41) is 2.43. The fourth-order valence-electron chi connectivity index (χ4n) is 2.38.